The summed E-state index contributed by atoms with van der Waals surface area (Å²) in [6, 6.07) is 0. The molecule has 1 aliphatic rings. The average molecular weight is 185 g/mol. The lowest BCUT2D eigenvalue weighted by Gasteiger charge is -2.43. The topological polar surface area (TPSA) is 21.3 Å². The molecule has 0 amide bonds. The fourth-order valence-corrected chi connectivity index (χ4v) is 1.90. The van der Waals surface area contributed by atoms with Gasteiger partial charge in [0.25, 0.3) is 0 Å². The first-order valence-corrected chi connectivity index (χ1v) is 5.51. The smallest absolute Gasteiger partial charge is 0.0807 e. The van der Waals surface area contributed by atoms with Crippen LogP contribution in [0.1, 0.15) is 40.5 Å². The van der Waals surface area contributed by atoms with E-state index in [0.29, 0.717) is 12.0 Å². The summed E-state index contributed by atoms with van der Waals surface area (Å²) >= 11 is 0. The van der Waals surface area contributed by atoms with Gasteiger partial charge < -0.3 is 10.1 Å². The Morgan fingerprint density at radius 2 is 2.23 bits per heavy atom. The number of rotatable bonds is 3. The van der Waals surface area contributed by atoms with Crippen molar-refractivity contribution in [3.63, 3.8) is 0 Å². The third-order valence-electron chi connectivity index (χ3n) is 3.39. The third kappa shape index (κ3) is 2.44. The van der Waals surface area contributed by atoms with Gasteiger partial charge in [-0.05, 0) is 19.3 Å². The summed E-state index contributed by atoms with van der Waals surface area (Å²) in [7, 11) is 0. The first kappa shape index (κ1) is 11.0. The molecular formula is C11H23NO. The Kier molecular flexibility index (Phi) is 3.74. The van der Waals surface area contributed by atoms with Crippen molar-refractivity contribution >= 4 is 0 Å². The van der Waals surface area contributed by atoms with E-state index in [9.17, 15) is 0 Å². The molecule has 2 nitrogen and oxygen atoms in total. The molecule has 0 aliphatic carbocycles. The van der Waals surface area contributed by atoms with Gasteiger partial charge in [-0.3, -0.25) is 0 Å². The Morgan fingerprint density at radius 1 is 1.54 bits per heavy atom. The van der Waals surface area contributed by atoms with E-state index in [4.69, 9.17) is 4.74 Å². The average Bonchev–Trinajstić information content (AvgIpc) is 2.16. The van der Waals surface area contributed by atoms with E-state index >= 15 is 0 Å². The third-order valence-corrected chi connectivity index (χ3v) is 3.39. The van der Waals surface area contributed by atoms with Crippen LogP contribution in [0.5, 0.6) is 0 Å². The standard InChI is InChI=1S/C11H23NO/c1-5-9(3)11(4)8-12-7-10(6-2)13-11/h9-10,12H,5-8H2,1-4H3. The quantitative estimate of drug-likeness (QED) is 0.727. The normalized spacial score (nSPS) is 37.4. The van der Waals surface area contributed by atoms with Crippen molar-refractivity contribution in [3.8, 4) is 0 Å². The van der Waals surface area contributed by atoms with Gasteiger partial charge in [-0.15, -0.1) is 0 Å². The number of nitrogens with one attached hydrogen (secondary N) is 1. The van der Waals surface area contributed by atoms with Crippen molar-refractivity contribution in [2.75, 3.05) is 13.1 Å². The van der Waals surface area contributed by atoms with Crippen LogP contribution in [0.3, 0.4) is 0 Å². The molecule has 0 spiro atoms. The minimum Gasteiger partial charge on any atom is -0.369 e. The van der Waals surface area contributed by atoms with Crippen LogP contribution in [-0.2, 0) is 4.74 Å². The van der Waals surface area contributed by atoms with Gasteiger partial charge in [0.05, 0.1) is 11.7 Å². The van der Waals surface area contributed by atoms with E-state index in [1.54, 1.807) is 0 Å². The molecule has 1 rings (SSSR count). The summed E-state index contributed by atoms with van der Waals surface area (Å²) in [4.78, 5) is 0. The van der Waals surface area contributed by atoms with Gasteiger partial charge in [-0.1, -0.05) is 27.2 Å². The summed E-state index contributed by atoms with van der Waals surface area (Å²) in [5.74, 6) is 0.634. The fourth-order valence-electron chi connectivity index (χ4n) is 1.90. The molecule has 1 heterocycles. The molecule has 0 saturated carbocycles. The van der Waals surface area contributed by atoms with E-state index in [1.807, 2.05) is 0 Å². The van der Waals surface area contributed by atoms with Crippen molar-refractivity contribution in [1.82, 2.24) is 5.32 Å². The molecule has 0 radical (unpaired) electrons. The van der Waals surface area contributed by atoms with Crippen LogP contribution in [-0.4, -0.2) is 24.8 Å². The number of morpholine rings is 1. The van der Waals surface area contributed by atoms with Gasteiger partial charge in [0.15, 0.2) is 0 Å². The maximum atomic E-state index is 6.11. The Balaban J connectivity index is 2.56. The second-order valence-corrected chi connectivity index (χ2v) is 4.40. The molecule has 0 aromatic heterocycles. The minimum atomic E-state index is 0.0493. The van der Waals surface area contributed by atoms with Gasteiger partial charge in [0, 0.05) is 13.1 Å². The van der Waals surface area contributed by atoms with E-state index < -0.39 is 0 Å². The Morgan fingerprint density at radius 3 is 2.77 bits per heavy atom. The number of ether oxygens (including phenoxy) is 1. The molecule has 13 heavy (non-hydrogen) atoms. The summed E-state index contributed by atoms with van der Waals surface area (Å²) in [6.45, 7) is 10.9. The molecule has 1 saturated heterocycles. The zero-order valence-electron chi connectivity index (χ0n) is 9.39. The highest BCUT2D eigenvalue weighted by Crippen LogP contribution is 2.28. The van der Waals surface area contributed by atoms with Crippen LogP contribution in [0.25, 0.3) is 0 Å². The summed E-state index contributed by atoms with van der Waals surface area (Å²) in [6.07, 6.45) is 2.71. The zero-order valence-corrected chi connectivity index (χ0v) is 9.39. The number of hydrogen-bond donors (Lipinski definition) is 1. The molecule has 0 aromatic rings. The van der Waals surface area contributed by atoms with E-state index in [-0.39, 0.29) is 5.60 Å². The van der Waals surface area contributed by atoms with Crippen LogP contribution in [0.2, 0.25) is 0 Å². The van der Waals surface area contributed by atoms with Gasteiger partial charge >= 0.3 is 0 Å². The summed E-state index contributed by atoms with van der Waals surface area (Å²) in [5, 5.41) is 3.47. The molecule has 78 valence electrons. The second kappa shape index (κ2) is 4.43. The molecule has 2 heteroatoms. The lowest BCUT2D eigenvalue weighted by atomic mass is 9.87. The van der Waals surface area contributed by atoms with Crippen LogP contribution in [0.4, 0.5) is 0 Å². The van der Waals surface area contributed by atoms with Crippen LogP contribution in [0, 0.1) is 5.92 Å². The lowest BCUT2D eigenvalue weighted by molar-refractivity contribution is -0.134. The van der Waals surface area contributed by atoms with Crippen molar-refractivity contribution < 1.29 is 4.74 Å². The van der Waals surface area contributed by atoms with E-state index in [2.05, 4.69) is 33.0 Å². The second-order valence-electron chi connectivity index (χ2n) is 4.40. The molecule has 0 aromatic carbocycles. The minimum absolute atomic E-state index is 0.0493. The highest BCUT2D eigenvalue weighted by Gasteiger charge is 2.36. The number of hydrogen-bond acceptors (Lipinski definition) is 2. The monoisotopic (exact) mass is 185 g/mol. The maximum Gasteiger partial charge on any atom is 0.0807 e. The zero-order chi connectivity index (χ0) is 9.90. The summed E-state index contributed by atoms with van der Waals surface area (Å²) < 4.78 is 6.11. The maximum absolute atomic E-state index is 6.11. The van der Waals surface area contributed by atoms with Crippen LogP contribution in [0.15, 0.2) is 0 Å². The first-order valence-electron chi connectivity index (χ1n) is 5.51. The van der Waals surface area contributed by atoms with Gasteiger partial charge in [0.2, 0.25) is 0 Å². The molecular weight excluding hydrogens is 162 g/mol. The predicted molar refractivity (Wildman–Crippen MR) is 55.9 cm³/mol. The molecule has 3 atom stereocenters. The van der Waals surface area contributed by atoms with Crippen LogP contribution >= 0.6 is 0 Å². The highest BCUT2D eigenvalue weighted by molar-refractivity contribution is 4.88. The van der Waals surface area contributed by atoms with Gasteiger partial charge in [-0.2, -0.15) is 0 Å². The lowest BCUT2D eigenvalue weighted by Crippen LogP contribution is -2.55. The summed E-state index contributed by atoms with van der Waals surface area (Å²) in [5.41, 5.74) is 0.0493. The van der Waals surface area contributed by atoms with Crippen molar-refractivity contribution in [1.29, 1.82) is 0 Å². The Bertz CT molecular complexity index is 160. The van der Waals surface area contributed by atoms with Crippen LogP contribution < -0.4 is 5.32 Å². The van der Waals surface area contributed by atoms with Crippen molar-refractivity contribution in [2.45, 2.75) is 52.2 Å². The van der Waals surface area contributed by atoms with Gasteiger partial charge in [0.1, 0.15) is 0 Å². The Labute approximate surface area is 82.0 Å². The highest BCUT2D eigenvalue weighted by atomic mass is 16.5. The van der Waals surface area contributed by atoms with E-state index in [1.165, 1.54) is 6.42 Å². The molecule has 3 unspecified atom stereocenters. The molecule has 0 bridgehead atoms. The molecule has 1 fully saturated rings. The fraction of sp³-hybridized carbons (Fsp3) is 1.00. The van der Waals surface area contributed by atoms with Crippen molar-refractivity contribution in [2.24, 2.45) is 5.92 Å². The van der Waals surface area contributed by atoms with Gasteiger partial charge in [-0.25, -0.2) is 0 Å². The Hall–Kier alpha value is -0.0800. The van der Waals surface area contributed by atoms with Crippen molar-refractivity contribution in [3.05, 3.63) is 0 Å². The largest absolute Gasteiger partial charge is 0.369 e. The SMILES string of the molecule is CCC1CNCC(C)(C(C)CC)O1. The van der Waals surface area contributed by atoms with E-state index in [0.717, 1.165) is 19.5 Å². The first-order chi connectivity index (χ1) is 6.12. The molecule has 1 aliphatic heterocycles. The molecule has 1 N–H and O–H groups in total. The predicted octanol–water partition coefficient (Wildman–Crippen LogP) is 2.19.